The summed E-state index contributed by atoms with van der Waals surface area (Å²) in [7, 11) is 1.58. The number of carbonyl (C=O) groups is 3. The van der Waals surface area contributed by atoms with Crippen molar-refractivity contribution < 1.29 is 29.0 Å². The Morgan fingerprint density at radius 1 is 0.857 bits per heavy atom. The van der Waals surface area contributed by atoms with Crippen LogP contribution < -0.4 is 19.7 Å². The first-order valence-electron chi connectivity index (χ1n) is 13.7. The molecule has 0 aliphatic carbocycles. The minimum absolute atomic E-state index is 0.0264. The molecule has 0 heterocycles. The van der Waals surface area contributed by atoms with Gasteiger partial charge in [-0.2, -0.15) is 0 Å². The number of para-hydroxylation sites is 1. The number of carbonyl (C=O) groups excluding carboxylic acids is 2. The quantitative estimate of drug-likeness (QED) is 0.184. The van der Waals surface area contributed by atoms with Crippen molar-refractivity contribution in [2.24, 2.45) is 0 Å². The Kier molecular flexibility index (Phi) is 10.3. The lowest BCUT2D eigenvalue weighted by atomic mass is 10.00. The van der Waals surface area contributed by atoms with Crippen molar-refractivity contribution in [3.63, 3.8) is 0 Å². The first-order chi connectivity index (χ1) is 20.4. The minimum Gasteiger partial charge on any atom is -0.497 e. The highest BCUT2D eigenvalue weighted by atomic mass is 16.5. The van der Waals surface area contributed by atoms with Gasteiger partial charge in [-0.3, -0.25) is 9.59 Å². The molecule has 216 valence electrons. The van der Waals surface area contributed by atoms with E-state index in [1.54, 1.807) is 72.7 Å². The Morgan fingerprint density at radius 2 is 1.57 bits per heavy atom. The molecule has 0 saturated heterocycles. The summed E-state index contributed by atoms with van der Waals surface area (Å²) in [6.45, 7) is 2.44. The predicted molar refractivity (Wildman–Crippen MR) is 163 cm³/mol. The minimum atomic E-state index is -1.03. The Bertz CT molecular complexity index is 1500. The first-order valence-corrected chi connectivity index (χ1v) is 13.7. The number of anilines is 2. The molecule has 4 aromatic rings. The number of methoxy groups -OCH3 is 1. The molecular formula is C34H34N2O6. The molecule has 4 rings (SSSR count). The van der Waals surface area contributed by atoms with Crippen molar-refractivity contribution in [2.45, 2.75) is 25.8 Å². The van der Waals surface area contributed by atoms with Crippen LogP contribution in [0, 0.1) is 0 Å². The molecule has 8 nitrogen and oxygen atoms in total. The number of nitrogens with zero attached hydrogens (tertiary/aromatic N) is 1. The molecule has 0 radical (unpaired) electrons. The number of hydrogen-bond acceptors (Lipinski definition) is 6. The van der Waals surface area contributed by atoms with E-state index >= 15 is 0 Å². The summed E-state index contributed by atoms with van der Waals surface area (Å²) in [4.78, 5) is 39.5. The molecule has 1 amide bonds. The summed E-state index contributed by atoms with van der Waals surface area (Å²) in [5.74, 6) is 0.0252. The van der Waals surface area contributed by atoms with Crippen molar-refractivity contribution in [3.05, 3.63) is 120 Å². The van der Waals surface area contributed by atoms with Gasteiger partial charge in [0.05, 0.1) is 13.7 Å². The van der Waals surface area contributed by atoms with Crippen molar-refractivity contribution in [1.82, 2.24) is 0 Å². The van der Waals surface area contributed by atoms with E-state index in [9.17, 15) is 19.5 Å². The number of carboxylic acid groups (broad SMARTS) is 1. The van der Waals surface area contributed by atoms with Crippen LogP contribution in [0.1, 0.15) is 34.8 Å². The molecule has 0 saturated carbocycles. The molecule has 2 N–H and O–H groups in total. The fourth-order valence-corrected chi connectivity index (χ4v) is 4.52. The molecule has 0 bridgehead atoms. The maximum atomic E-state index is 13.1. The molecular weight excluding hydrogens is 532 g/mol. The number of hydrogen-bond donors (Lipinski definition) is 2. The van der Waals surface area contributed by atoms with E-state index in [1.165, 1.54) is 0 Å². The summed E-state index contributed by atoms with van der Waals surface area (Å²) >= 11 is 0. The van der Waals surface area contributed by atoms with Crippen molar-refractivity contribution in [3.8, 4) is 11.5 Å². The summed E-state index contributed by atoms with van der Waals surface area (Å²) in [5.41, 5.74) is 2.91. The zero-order chi connectivity index (χ0) is 29.9. The first kappa shape index (κ1) is 29.9. The second kappa shape index (κ2) is 14.5. The molecule has 4 aromatic carbocycles. The Balaban J connectivity index is 1.39. The van der Waals surface area contributed by atoms with Crippen molar-refractivity contribution in [2.75, 3.05) is 30.5 Å². The Hall–Kier alpha value is -5.11. The van der Waals surface area contributed by atoms with Crippen molar-refractivity contribution in [1.29, 1.82) is 0 Å². The van der Waals surface area contributed by atoms with Crippen LogP contribution in [0.25, 0.3) is 0 Å². The normalized spacial score (nSPS) is 11.3. The van der Waals surface area contributed by atoms with E-state index in [0.29, 0.717) is 41.3 Å². The van der Waals surface area contributed by atoms with Crippen LogP contribution in [0.4, 0.5) is 11.4 Å². The summed E-state index contributed by atoms with van der Waals surface area (Å²) in [5, 5.41) is 13.0. The lowest BCUT2D eigenvalue weighted by Gasteiger charge is -2.23. The number of aliphatic carboxylic acids is 1. The van der Waals surface area contributed by atoms with Gasteiger partial charge in [0.15, 0.2) is 5.78 Å². The van der Waals surface area contributed by atoms with E-state index < -0.39 is 12.0 Å². The summed E-state index contributed by atoms with van der Waals surface area (Å²) < 4.78 is 11.2. The zero-order valence-electron chi connectivity index (χ0n) is 23.7. The standard InChI is InChI=1S/C34H34N2O6/c1-3-32(37)36(26-12-9-13-28(23-26)41-2)20-21-42-27-18-16-24(17-19-27)22-31(34(39)40)35-30-15-8-7-14-29(30)33(38)25-10-5-4-6-11-25/h4-19,23,31,35H,3,20-22H2,1-2H3,(H,39,40). The Labute approximate surface area is 245 Å². The van der Waals surface area contributed by atoms with Gasteiger partial charge in [0.25, 0.3) is 0 Å². The van der Waals surface area contributed by atoms with Gasteiger partial charge in [0.2, 0.25) is 5.91 Å². The van der Waals surface area contributed by atoms with Gasteiger partial charge in [0, 0.05) is 41.4 Å². The fraction of sp³-hybridized carbons (Fsp3) is 0.206. The van der Waals surface area contributed by atoms with Crippen LogP contribution in [-0.4, -0.2) is 49.1 Å². The van der Waals surface area contributed by atoms with Crippen LogP contribution in [0.3, 0.4) is 0 Å². The smallest absolute Gasteiger partial charge is 0.326 e. The average Bonchev–Trinajstić information content (AvgIpc) is 3.03. The number of nitrogens with one attached hydrogen (secondary N) is 1. The van der Waals surface area contributed by atoms with E-state index in [0.717, 1.165) is 11.3 Å². The van der Waals surface area contributed by atoms with E-state index in [-0.39, 0.29) is 24.7 Å². The number of amides is 1. The second-order valence-corrected chi connectivity index (χ2v) is 9.57. The predicted octanol–water partition coefficient (Wildman–Crippen LogP) is 5.86. The molecule has 0 fully saturated rings. The molecule has 0 aromatic heterocycles. The van der Waals surface area contributed by atoms with Crippen LogP contribution in [0.15, 0.2) is 103 Å². The van der Waals surface area contributed by atoms with E-state index in [4.69, 9.17) is 9.47 Å². The second-order valence-electron chi connectivity index (χ2n) is 9.57. The number of ether oxygens (including phenoxy) is 2. The largest absolute Gasteiger partial charge is 0.497 e. The monoisotopic (exact) mass is 566 g/mol. The van der Waals surface area contributed by atoms with Gasteiger partial charge in [0.1, 0.15) is 24.1 Å². The highest BCUT2D eigenvalue weighted by molar-refractivity contribution is 6.12. The average molecular weight is 567 g/mol. The number of benzene rings is 4. The summed E-state index contributed by atoms with van der Waals surface area (Å²) in [6.07, 6.45) is 0.549. The fourth-order valence-electron chi connectivity index (χ4n) is 4.52. The maximum Gasteiger partial charge on any atom is 0.326 e. The van der Waals surface area contributed by atoms with Gasteiger partial charge >= 0.3 is 5.97 Å². The SMILES string of the molecule is CCC(=O)N(CCOc1ccc(CC(Nc2ccccc2C(=O)c2ccccc2)C(=O)O)cc1)c1cccc(OC)c1. The highest BCUT2D eigenvalue weighted by Gasteiger charge is 2.21. The van der Waals surface area contributed by atoms with E-state index in [1.807, 2.05) is 49.4 Å². The van der Waals surface area contributed by atoms with Gasteiger partial charge in [-0.15, -0.1) is 0 Å². The van der Waals surface area contributed by atoms with Crippen LogP contribution in [0.5, 0.6) is 11.5 Å². The van der Waals surface area contributed by atoms with Gasteiger partial charge < -0.3 is 24.8 Å². The topological polar surface area (TPSA) is 105 Å². The molecule has 42 heavy (non-hydrogen) atoms. The molecule has 0 aliphatic rings. The van der Waals surface area contributed by atoms with Gasteiger partial charge in [-0.05, 0) is 42.0 Å². The van der Waals surface area contributed by atoms with Crippen molar-refractivity contribution >= 4 is 29.0 Å². The lowest BCUT2D eigenvalue weighted by molar-refractivity contribution is -0.137. The van der Waals surface area contributed by atoms with E-state index in [2.05, 4.69) is 5.32 Å². The molecule has 1 atom stereocenters. The third kappa shape index (κ3) is 7.75. The van der Waals surface area contributed by atoms with Gasteiger partial charge in [-0.1, -0.05) is 67.6 Å². The van der Waals surface area contributed by atoms with Gasteiger partial charge in [-0.25, -0.2) is 4.79 Å². The maximum absolute atomic E-state index is 13.1. The number of carboxylic acids is 1. The number of ketones is 1. The molecule has 0 spiro atoms. The third-order valence-corrected chi connectivity index (χ3v) is 6.75. The molecule has 1 unspecified atom stereocenters. The lowest BCUT2D eigenvalue weighted by Crippen LogP contribution is -2.34. The zero-order valence-corrected chi connectivity index (χ0v) is 23.7. The molecule has 8 heteroatoms. The Morgan fingerprint density at radius 3 is 2.26 bits per heavy atom. The summed E-state index contributed by atoms with van der Waals surface area (Å²) in [6, 6.07) is 29.3. The third-order valence-electron chi connectivity index (χ3n) is 6.75. The molecule has 0 aliphatic heterocycles. The highest BCUT2D eigenvalue weighted by Crippen LogP contribution is 2.23. The number of rotatable bonds is 14. The van der Waals surface area contributed by atoms with Crippen LogP contribution in [0.2, 0.25) is 0 Å². The van der Waals surface area contributed by atoms with Crippen LogP contribution >= 0.6 is 0 Å². The van der Waals surface area contributed by atoms with Crippen LogP contribution in [-0.2, 0) is 16.0 Å².